The van der Waals surface area contributed by atoms with E-state index in [0.29, 0.717) is 85.1 Å². The van der Waals surface area contributed by atoms with Crippen molar-refractivity contribution in [3.63, 3.8) is 0 Å². The summed E-state index contributed by atoms with van der Waals surface area (Å²) in [6.45, 7) is 14.9. The van der Waals surface area contributed by atoms with E-state index in [-0.39, 0.29) is 109 Å². The van der Waals surface area contributed by atoms with Crippen LogP contribution in [-0.4, -0.2) is 186 Å². The summed E-state index contributed by atoms with van der Waals surface area (Å²) < 4.78 is 50.3. The maximum Gasteiger partial charge on any atom is 0.407 e. The number of esters is 2. The molecule has 3 aromatic carbocycles. The topological polar surface area (TPSA) is 388 Å². The summed E-state index contributed by atoms with van der Waals surface area (Å²) >= 11 is 6.40. The number of benzene rings is 3. The van der Waals surface area contributed by atoms with Crippen LogP contribution in [0, 0.1) is 23.2 Å². The van der Waals surface area contributed by atoms with Crippen LogP contribution in [-0.2, 0) is 115 Å². The fraction of sp³-hybridized carbons (Fsp3) is 0.573. The molecule has 3 aliphatic heterocycles. The van der Waals surface area contributed by atoms with Crippen LogP contribution in [0.5, 0.6) is 5.75 Å². The fourth-order valence-electron chi connectivity index (χ4n) is 11.1. The van der Waals surface area contributed by atoms with Crippen LogP contribution >= 0.6 is 11.6 Å². The van der Waals surface area contributed by atoms with Crippen LogP contribution < -0.4 is 42.0 Å². The van der Waals surface area contributed by atoms with Gasteiger partial charge in [-0.05, 0) is 110 Å². The zero-order chi connectivity index (χ0) is 77.3. The molecule has 3 heterocycles. The highest BCUT2D eigenvalue weighted by Gasteiger charge is 2.48. The molecular formula is C75H103ClN8O22. The molecule has 3 aromatic rings. The third-order valence-electron chi connectivity index (χ3n) is 17.4. The van der Waals surface area contributed by atoms with E-state index in [1.54, 1.807) is 83.3 Å². The minimum Gasteiger partial charge on any atom is -0.495 e. The summed E-state index contributed by atoms with van der Waals surface area (Å²) in [5.41, 5.74) is 1.84. The number of imide groups is 1. The Balaban J connectivity index is 1.000. The average molecular weight is 1500 g/mol. The summed E-state index contributed by atoms with van der Waals surface area (Å²) in [6.07, 6.45) is -0.103. The summed E-state index contributed by atoms with van der Waals surface area (Å²) in [5, 5.41) is 20.1. The van der Waals surface area contributed by atoms with Crippen LogP contribution in [0.3, 0.4) is 0 Å². The zero-order valence-corrected chi connectivity index (χ0v) is 62.6. The van der Waals surface area contributed by atoms with Gasteiger partial charge >= 0.3 is 24.0 Å². The Labute approximate surface area is 623 Å². The predicted octanol–water partition coefficient (Wildman–Crippen LogP) is 6.26. The molecule has 7 N–H and O–H groups in total. The van der Waals surface area contributed by atoms with E-state index in [1.807, 2.05) is 45.0 Å². The lowest BCUT2D eigenvalue weighted by Gasteiger charge is -2.29. The van der Waals surface area contributed by atoms with E-state index in [2.05, 4.69) is 37.2 Å². The number of ether oxygens (including phenoxy) is 9. The van der Waals surface area contributed by atoms with Crippen molar-refractivity contribution < 1.29 is 105 Å². The number of carbonyl (C=O) groups is 12. The van der Waals surface area contributed by atoms with E-state index >= 15 is 0 Å². The number of unbranched alkanes of at least 4 members (excludes halogenated alkanes) is 1. The first kappa shape index (κ1) is 85.9. The lowest BCUT2D eigenvalue weighted by Crippen LogP contribution is -2.54. The van der Waals surface area contributed by atoms with E-state index in [9.17, 15) is 57.5 Å². The smallest absolute Gasteiger partial charge is 0.407 e. The second kappa shape index (κ2) is 44.2. The van der Waals surface area contributed by atoms with Crippen LogP contribution in [0.25, 0.3) is 0 Å². The van der Waals surface area contributed by atoms with E-state index in [1.165, 1.54) is 13.2 Å². The van der Waals surface area contributed by atoms with Crippen LogP contribution in [0.2, 0.25) is 5.02 Å². The van der Waals surface area contributed by atoms with Gasteiger partial charge in [0.1, 0.15) is 42.7 Å². The highest BCUT2D eigenvalue weighted by Crippen LogP contribution is 2.45. The second-order valence-corrected chi connectivity index (χ2v) is 27.8. The van der Waals surface area contributed by atoms with E-state index in [0.717, 1.165) is 11.1 Å². The Bertz CT molecular complexity index is 3470. The van der Waals surface area contributed by atoms with Gasteiger partial charge in [-0.3, -0.25) is 43.2 Å². The lowest BCUT2D eigenvalue weighted by atomic mass is 9.92. The van der Waals surface area contributed by atoms with E-state index in [4.69, 9.17) is 59.1 Å². The third kappa shape index (κ3) is 29.7. The van der Waals surface area contributed by atoms with Crippen molar-refractivity contribution in [2.75, 3.05) is 78.9 Å². The molecule has 582 valence electrons. The number of cyclic esters (lactones) is 2. The zero-order valence-electron chi connectivity index (χ0n) is 61.8. The molecular weight excluding hydrogens is 1400 g/mol. The average Bonchev–Trinajstić information content (AvgIpc) is 1.63. The number of methoxy groups -OCH3 is 2. The molecule has 0 spiro atoms. The van der Waals surface area contributed by atoms with Gasteiger partial charge in [0.15, 0.2) is 6.10 Å². The number of rotatable bonds is 40. The number of alkyl carbamates (subject to hydrolysis) is 1. The minimum atomic E-state index is -1.30. The highest BCUT2D eigenvalue weighted by atomic mass is 35.5. The molecule has 0 saturated carbocycles. The molecule has 8 atom stereocenters. The third-order valence-corrected chi connectivity index (χ3v) is 17.7. The van der Waals surface area contributed by atoms with Gasteiger partial charge in [-0.2, -0.15) is 0 Å². The molecule has 106 heavy (non-hydrogen) atoms. The normalized spacial score (nSPS) is 19.5. The van der Waals surface area contributed by atoms with Gasteiger partial charge in [0.05, 0.1) is 69.9 Å². The predicted molar refractivity (Wildman–Crippen MR) is 384 cm³/mol. The quantitative estimate of drug-likeness (QED) is 0.0108. The number of hydroxylamine groups is 2. The standard InChI is InChI=1S/C75H103ClN8O22/c1-46(2)40-59-72(94)103-57(15-12-16-61(86)81-56(42-51-23-28-58(98-9)54(76)41-51)69(91)79-45-75(6,7)73(95)104-59)48(5)67-68(105-67)52-24-19-49(20-25-52)43-78-74(96)102-44-50-21-26-53(27-22-50)80-70(92)55(14-10-11-32-77-60(85)31-33-99-36-37-101-39-38-100-35-34-97-8)82-71(93)66(47(3)4)83-62(87)17-13-18-65(90)106-84-63(88)29-30-64(84)89/h12,16,19-28,41,46-48,55-57,59,66-68H,10-11,13-15,17-18,29-40,42-45H2,1-9H3,(H,77,85)(H,78,96)(H,79,91)(H,80,92)(H,81,86)(H,82,93)(H,83,87)/b16-12-/t48-,55-,56-,57-,59-,66-,67-,68+/m0/s1. The van der Waals surface area contributed by atoms with Crippen molar-refractivity contribution in [3.8, 4) is 5.75 Å². The largest absolute Gasteiger partial charge is 0.495 e. The van der Waals surface area contributed by atoms with Crippen LogP contribution in [0.1, 0.15) is 147 Å². The Morgan fingerprint density at radius 3 is 2.03 bits per heavy atom. The number of amides is 9. The molecule has 31 heteroatoms. The Hall–Kier alpha value is -9.07. The molecule has 0 unspecified atom stereocenters. The number of hydrogen-bond acceptors (Lipinski definition) is 22. The molecule has 6 rings (SSSR count). The summed E-state index contributed by atoms with van der Waals surface area (Å²) in [4.78, 5) is 163. The Kier molecular flexibility index (Phi) is 35.8. The van der Waals surface area contributed by atoms with Crippen molar-refractivity contribution in [1.29, 1.82) is 0 Å². The number of nitrogens with one attached hydrogen (secondary N) is 7. The van der Waals surface area contributed by atoms with Gasteiger partial charge in [0.2, 0.25) is 35.4 Å². The lowest BCUT2D eigenvalue weighted by molar-refractivity contribution is -0.197. The molecule has 2 saturated heterocycles. The first-order chi connectivity index (χ1) is 50.6. The molecule has 9 amide bonds. The number of hydrogen-bond donors (Lipinski definition) is 7. The SMILES string of the molecule is COCCOCCOCCOCCC(=O)NCCCC[C@H](NC(=O)[C@@H](NC(=O)CCCC(=O)ON1C(=O)CCC1=O)C(C)C)C(=O)Nc1ccc(COC(=O)NCc2ccc([C@H]3O[C@H]3[C@@H](C)[C@@H]3C/C=C\C(=O)N[C@@H](Cc4ccc(OC)c(Cl)c4)C(=O)NCC(C)(C)C(=O)O[C@@H](CC(C)C)C(=O)O3)cc2)cc1. The van der Waals surface area contributed by atoms with Crippen molar-refractivity contribution in [3.05, 3.63) is 106 Å². The first-order valence-corrected chi connectivity index (χ1v) is 36.2. The molecule has 0 bridgehead atoms. The van der Waals surface area contributed by atoms with Crippen LogP contribution in [0.4, 0.5) is 10.5 Å². The number of halogens is 1. The molecule has 0 aromatic heterocycles. The first-order valence-electron chi connectivity index (χ1n) is 35.8. The van der Waals surface area contributed by atoms with Crippen molar-refractivity contribution in [2.24, 2.45) is 23.2 Å². The molecule has 2 fully saturated rings. The van der Waals surface area contributed by atoms with Crippen molar-refractivity contribution in [2.45, 2.75) is 181 Å². The van der Waals surface area contributed by atoms with E-state index < -0.39 is 125 Å². The summed E-state index contributed by atoms with van der Waals surface area (Å²) in [5.74, 6) is -7.34. The summed E-state index contributed by atoms with van der Waals surface area (Å²) in [6, 6.07) is 15.6. The van der Waals surface area contributed by atoms with Gasteiger partial charge < -0.3 is 84.7 Å². The maximum absolute atomic E-state index is 14.0. The summed E-state index contributed by atoms with van der Waals surface area (Å²) in [7, 11) is 3.07. The number of anilines is 1. The second-order valence-electron chi connectivity index (χ2n) is 27.4. The van der Waals surface area contributed by atoms with Gasteiger partial charge in [0, 0.05) is 83.3 Å². The Morgan fingerprint density at radius 1 is 0.717 bits per heavy atom. The van der Waals surface area contributed by atoms with Gasteiger partial charge in [-0.1, -0.05) is 94.8 Å². The monoisotopic (exact) mass is 1500 g/mol. The van der Waals surface area contributed by atoms with Crippen molar-refractivity contribution in [1.82, 2.24) is 37.0 Å². The molecule has 3 aliphatic rings. The number of carbonyl (C=O) groups excluding carboxylic acids is 12. The van der Waals surface area contributed by atoms with Gasteiger partial charge in [-0.15, -0.1) is 5.06 Å². The van der Waals surface area contributed by atoms with Gasteiger partial charge in [0.25, 0.3) is 11.8 Å². The molecule has 0 radical (unpaired) electrons. The minimum absolute atomic E-state index is 0.0139. The number of epoxide rings is 1. The van der Waals surface area contributed by atoms with Gasteiger partial charge in [-0.25, -0.2) is 14.4 Å². The maximum atomic E-state index is 14.0. The molecule has 0 aliphatic carbocycles. The highest BCUT2D eigenvalue weighted by molar-refractivity contribution is 6.32. The molecule has 30 nitrogen and oxygen atoms in total. The van der Waals surface area contributed by atoms with Crippen molar-refractivity contribution >= 4 is 88.5 Å². The Morgan fingerprint density at radius 2 is 1.38 bits per heavy atom. The fourth-order valence-corrected chi connectivity index (χ4v) is 11.4. The van der Waals surface area contributed by atoms with Crippen LogP contribution in [0.15, 0.2) is 78.9 Å². The number of nitrogens with zero attached hydrogens (tertiary/aromatic N) is 1.